The van der Waals surface area contributed by atoms with Gasteiger partial charge in [0.05, 0.1) is 7.11 Å². The van der Waals surface area contributed by atoms with Gasteiger partial charge in [0.1, 0.15) is 17.7 Å². The molecule has 2 aromatic rings. The van der Waals surface area contributed by atoms with Crippen molar-refractivity contribution in [3.05, 3.63) is 63.4 Å². The van der Waals surface area contributed by atoms with Crippen molar-refractivity contribution in [1.29, 1.82) is 0 Å². The first-order chi connectivity index (χ1) is 9.02. The summed E-state index contributed by atoms with van der Waals surface area (Å²) in [4.78, 5) is 0. The Labute approximate surface area is 120 Å². The zero-order valence-corrected chi connectivity index (χ0v) is 12.2. The van der Waals surface area contributed by atoms with Crippen LogP contribution in [-0.2, 0) is 0 Å². The van der Waals surface area contributed by atoms with Crippen LogP contribution in [0.5, 0.6) is 5.75 Å². The molecule has 0 amide bonds. The highest BCUT2D eigenvalue weighted by molar-refractivity contribution is 9.10. The summed E-state index contributed by atoms with van der Waals surface area (Å²) in [6.07, 6.45) is -0.805. The van der Waals surface area contributed by atoms with Gasteiger partial charge in [0, 0.05) is 4.47 Å². The number of aliphatic hydroxyl groups is 1. The van der Waals surface area contributed by atoms with Crippen molar-refractivity contribution in [2.45, 2.75) is 13.0 Å². The Kier molecular flexibility index (Phi) is 4.22. The van der Waals surface area contributed by atoms with E-state index in [2.05, 4.69) is 15.9 Å². The summed E-state index contributed by atoms with van der Waals surface area (Å²) in [6.45, 7) is 1.78. The van der Waals surface area contributed by atoms with Crippen LogP contribution in [0.3, 0.4) is 0 Å². The van der Waals surface area contributed by atoms with Crippen LogP contribution in [0.2, 0.25) is 0 Å². The molecule has 0 fully saturated rings. The molecule has 0 radical (unpaired) electrons. The van der Waals surface area contributed by atoms with Crippen LogP contribution in [-0.4, -0.2) is 12.2 Å². The Bertz CT molecular complexity index is 599. The minimum absolute atomic E-state index is 0.303. The molecule has 100 valence electrons. The fourth-order valence-electron chi connectivity index (χ4n) is 1.97. The number of halogens is 2. The lowest BCUT2D eigenvalue weighted by atomic mass is 9.97. The lowest BCUT2D eigenvalue weighted by Crippen LogP contribution is -2.03. The standard InChI is InChI=1S/C15H14BrFO2/c1-9-7-10(17)3-5-12(9)15(18)13-6-4-11(19-2)8-14(13)16/h3-8,15,18H,1-2H3. The molecule has 4 heteroatoms. The second-order valence-electron chi connectivity index (χ2n) is 4.29. The number of rotatable bonds is 3. The highest BCUT2D eigenvalue weighted by Gasteiger charge is 2.16. The zero-order chi connectivity index (χ0) is 14.0. The molecule has 2 rings (SSSR count). The Morgan fingerprint density at radius 3 is 2.42 bits per heavy atom. The van der Waals surface area contributed by atoms with Crippen LogP contribution < -0.4 is 4.74 Å². The Morgan fingerprint density at radius 2 is 1.84 bits per heavy atom. The molecular weight excluding hydrogens is 311 g/mol. The maximum Gasteiger partial charge on any atom is 0.123 e. The summed E-state index contributed by atoms with van der Waals surface area (Å²) in [5.74, 6) is 0.404. The maximum absolute atomic E-state index is 13.1. The van der Waals surface area contributed by atoms with E-state index in [1.165, 1.54) is 12.1 Å². The number of hydrogen-bond acceptors (Lipinski definition) is 2. The molecule has 0 aliphatic heterocycles. The van der Waals surface area contributed by atoms with Crippen LogP contribution in [0.1, 0.15) is 22.8 Å². The minimum atomic E-state index is -0.805. The highest BCUT2D eigenvalue weighted by atomic mass is 79.9. The van der Waals surface area contributed by atoms with E-state index < -0.39 is 6.10 Å². The molecule has 2 aromatic carbocycles. The molecular formula is C15H14BrFO2. The van der Waals surface area contributed by atoms with Crippen molar-refractivity contribution >= 4 is 15.9 Å². The van der Waals surface area contributed by atoms with E-state index in [-0.39, 0.29) is 5.82 Å². The molecule has 19 heavy (non-hydrogen) atoms. The van der Waals surface area contributed by atoms with Crippen molar-refractivity contribution in [3.8, 4) is 5.75 Å². The molecule has 0 saturated heterocycles. The number of aliphatic hydroxyl groups excluding tert-OH is 1. The molecule has 0 heterocycles. The second-order valence-corrected chi connectivity index (χ2v) is 5.15. The molecule has 1 unspecified atom stereocenters. The van der Waals surface area contributed by atoms with E-state index in [1.807, 2.05) is 0 Å². The Hall–Kier alpha value is -1.39. The summed E-state index contributed by atoms with van der Waals surface area (Å²) in [7, 11) is 1.59. The Balaban J connectivity index is 2.41. The quantitative estimate of drug-likeness (QED) is 0.925. The van der Waals surface area contributed by atoms with Gasteiger partial charge < -0.3 is 9.84 Å². The molecule has 2 nitrogen and oxygen atoms in total. The summed E-state index contributed by atoms with van der Waals surface area (Å²) < 4.78 is 19.0. The van der Waals surface area contributed by atoms with Gasteiger partial charge in [-0.1, -0.05) is 28.1 Å². The summed E-state index contributed by atoms with van der Waals surface area (Å²) in [5.41, 5.74) is 2.12. The smallest absolute Gasteiger partial charge is 0.123 e. The van der Waals surface area contributed by atoms with E-state index in [0.717, 1.165) is 15.6 Å². The highest BCUT2D eigenvalue weighted by Crippen LogP contribution is 2.32. The number of methoxy groups -OCH3 is 1. The lowest BCUT2D eigenvalue weighted by molar-refractivity contribution is 0.218. The van der Waals surface area contributed by atoms with Gasteiger partial charge in [-0.05, 0) is 47.9 Å². The predicted octanol–water partition coefficient (Wildman–Crippen LogP) is 3.99. The largest absolute Gasteiger partial charge is 0.497 e. The van der Waals surface area contributed by atoms with E-state index in [9.17, 15) is 9.50 Å². The molecule has 0 aliphatic rings. The summed E-state index contributed by atoms with van der Waals surface area (Å²) in [6, 6.07) is 9.72. The molecule has 0 aliphatic carbocycles. The monoisotopic (exact) mass is 324 g/mol. The number of aryl methyl sites for hydroxylation is 1. The average molecular weight is 325 g/mol. The topological polar surface area (TPSA) is 29.5 Å². The first kappa shape index (κ1) is 14.0. The van der Waals surface area contributed by atoms with E-state index in [0.29, 0.717) is 11.3 Å². The van der Waals surface area contributed by atoms with Gasteiger partial charge in [-0.25, -0.2) is 4.39 Å². The number of hydrogen-bond donors (Lipinski definition) is 1. The van der Waals surface area contributed by atoms with Gasteiger partial charge in [-0.15, -0.1) is 0 Å². The van der Waals surface area contributed by atoms with Gasteiger partial charge in [0.25, 0.3) is 0 Å². The Morgan fingerprint density at radius 1 is 1.16 bits per heavy atom. The van der Waals surface area contributed by atoms with Gasteiger partial charge in [0.2, 0.25) is 0 Å². The van der Waals surface area contributed by atoms with Gasteiger partial charge in [0.15, 0.2) is 0 Å². The van der Waals surface area contributed by atoms with Gasteiger partial charge >= 0.3 is 0 Å². The van der Waals surface area contributed by atoms with Crippen molar-refractivity contribution in [3.63, 3.8) is 0 Å². The third-order valence-electron chi connectivity index (χ3n) is 3.03. The summed E-state index contributed by atoms with van der Waals surface area (Å²) >= 11 is 3.41. The SMILES string of the molecule is COc1ccc(C(O)c2ccc(F)cc2C)c(Br)c1. The van der Waals surface area contributed by atoms with E-state index >= 15 is 0 Å². The van der Waals surface area contributed by atoms with Crippen molar-refractivity contribution in [2.75, 3.05) is 7.11 Å². The second kappa shape index (κ2) is 5.72. The van der Waals surface area contributed by atoms with Crippen molar-refractivity contribution in [2.24, 2.45) is 0 Å². The normalized spacial score (nSPS) is 12.3. The molecule has 0 spiro atoms. The molecule has 1 atom stereocenters. The van der Waals surface area contributed by atoms with Crippen molar-refractivity contribution < 1.29 is 14.2 Å². The van der Waals surface area contributed by atoms with Crippen LogP contribution in [0.4, 0.5) is 4.39 Å². The molecule has 0 aromatic heterocycles. The predicted molar refractivity (Wildman–Crippen MR) is 75.9 cm³/mol. The minimum Gasteiger partial charge on any atom is -0.497 e. The van der Waals surface area contributed by atoms with Crippen LogP contribution in [0, 0.1) is 12.7 Å². The van der Waals surface area contributed by atoms with Gasteiger partial charge in [-0.3, -0.25) is 0 Å². The van der Waals surface area contributed by atoms with Gasteiger partial charge in [-0.2, -0.15) is 0 Å². The molecule has 0 saturated carbocycles. The van der Waals surface area contributed by atoms with E-state index in [1.54, 1.807) is 38.3 Å². The number of benzene rings is 2. The third-order valence-corrected chi connectivity index (χ3v) is 3.72. The third kappa shape index (κ3) is 2.96. The lowest BCUT2D eigenvalue weighted by Gasteiger charge is -2.16. The zero-order valence-electron chi connectivity index (χ0n) is 10.7. The van der Waals surface area contributed by atoms with Crippen LogP contribution in [0.15, 0.2) is 40.9 Å². The average Bonchev–Trinajstić information content (AvgIpc) is 2.37. The van der Waals surface area contributed by atoms with Crippen LogP contribution in [0.25, 0.3) is 0 Å². The first-order valence-corrected chi connectivity index (χ1v) is 6.59. The fourth-order valence-corrected chi connectivity index (χ4v) is 2.54. The maximum atomic E-state index is 13.1. The molecule has 1 N–H and O–H groups in total. The first-order valence-electron chi connectivity index (χ1n) is 5.80. The molecule has 0 bridgehead atoms. The summed E-state index contributed by atoms with van der Waals surface area (Å²) in [5, 5.41) is 10.4. The van der Waals surface area contributed by atoms with E-state index in [4.69, 9.17) is 4.74 Å². The van der Waals surface area contributed by atoms with Crippen LogP contribution >= 0.6 is 15.9 Å². The number of ether oxygens (including phenoxy) is 1. The van der Waals surface area contributed by atoms with Crippen molar-refractivity contribution in [1.82, 2.24) is 0 Å². The fraction of sp³-hybridized carbons (Fsp3) is 0.200.